The fourth-order valence-electron chi connectivity index (χ4n) is 3.90. The number of hydrogen-bond donors (Lipinski definition) is 1. The minimum atomic E-state index is -1.18. The molecule has 0 aromatic heterocycles. The average molecular weight is 469 g/mol. The molecule has 4 rings (SSSR count). The number of nitrogens with two attached hydrogens (primary N) is 1. The molecule has 1 fully saturated rings. The molecule has 0 radical (unpaired) electrons. The molecule has 2 heterocycles. The van der Waals surface area contributed by atoms with E-state index in [1.54, 1.807) is 0 Å². The molecule has 2 N–H and O–H groups in total. The maximum atomic E-state index is 13.6. The van der Waals surface area contributed by atoms with Crippen molar-refractivity contribution >= 4 is 29.6 Å². The Labute approximate surface area is 195 Å². The van der Waals surface area contributed by atoms with E-state index in [2.05, 4.69) is 0 Å². The van der Waals surface area contributed by atoms with Crippen molar-refractivity contribution in [3.8, 4) is 0 Å². The zero-order valence-electron chi connectivity index (χ0n) is 18.2. The number of carbonyl (C=O) groups excluding carboxylic acids is 3. The van der Waals surface area contributed by atoms with Gasteiger partial charge in [0, 0.05) is 25.4 Å². The summed E-state index contributed by atoms with van der Waals surface area (Å²) < 4.78 is 16.4. The lowest BCUT2D eigenvalue weighted by Gasteiger charge is -2.49. The standard InChI is InChI=1S/C24H24N2O6S/c1-14(27)31-21(25)17-13-33-23-20(30-2)22(28)26(23)18(17)24(29)32-19(15-9-5-3-6-10-15)16-11-7-4-8-12-16/h3-12,19-21,23H,13,25H2,1-2H3/t20-,21?,23-/m1/s1. The molecule has 172 valence electrons. The van der Waals surface area contributed by atoms with Crippen LogP contribution >= 0.6 is 11.8 Å². The van der Waals surface area contributed by atoms with Crippen molar-refractivity contribution in [1.29, 1.82) is 0 Å². The van der Waals surface area contributed by atoms with E-state index < -0.39 is 30.4 Å². The molecular weight excluding hydrogens is 444 g/mol. The minimum Gasteiger partial charge on any atom is -0.448 e. The van der Waals surface area contributed by atoms with Gasteiger partial charge in [-0.2, -0.15) is 0 Å². The summed E-state index contributed by atoms with van der Waals surface area (Å²) in [5.41, 5.74) is 7.95. The third-order valence-electron chi connectivity index (χ3n) is 5.46. The Morgan fingerprint density at radius 1 is 1.03 bits per heavy atom. The van der Waals surface area contributed by atoms with Gasteiger partial charge in [0.2, 0.25) is 0 Å². The predicted octanol–water partition coefficient (Wildman–Crippen LogP) is 2.35. The lowest BCUT2D eigenvalue weighted by molar-refractivity contribution is -0.164. The monoisotopic (exact) mass is 468 g/mol. The van der Waals surface area contributed by atoms with E-state index in [0.29, 0.717) is 5.57 Å². The second kappa shape index (κ2) is 9.78. The molecule has 0 spiro atoms. The molecular formula is C24H24N2O6S. The van der Waals surface area contributed by atoms with Gasteiger partial charge in [-0.3, -0.25) is 20.2 Å². The van der Waals surface area contributed by atoms with Crippen molar-refractivity contribution in [3.63, 3.8) is 0 Å². The summed E-state index contributed by atoms with van der Waals surface area (Å²) >= 11 is 1.39. The quantitative estimate of drug-likeness (QED) is 0.375. The van der Waals surface area contributed by atoms with E-state index in [4.69, 9.17) is 19.9 Å². The number of benzene rings is 2. The maximum Gasteiger partial charge on any atom is 0.356 e. The molecule has 2 aliphatic rings. The van der Waals surface area contributed by atoms with E-state index in [0.717, 1.165) is 11.1 Å². The van der Waals surface area contributed by atoms with Gasteiger partial charge >= 0.3 is 11.9 Å². The molecule has 2 aromatic rings. The summed E-state index contributed by atoms with van der Waals surface area (Å²) in [6.07, 6.45) is -2.55. The SMILES string of the molecule is CO[C@@H]1C(=O)N2C(C(=O)OC(c3ccccc3)c3ccccc3)=C(C(N)OC(C)=O)CS[C@H]12. The molecule has 3 atom stereocenters. The van der Waals surface area contributed by atoms with Crippen molar-refractivity contribution in [2.75, 3.05) is 12.9 Å². The average Bonchev–Trinajstić information content (AvgIpc) is 2.82. The van der Waals surface area contributed by atoms with Crippen LogP contribution < -0.4 is 5.73 Å². The van der Waals surface area contributed by atoms with Crippen molar-refractivity contribution in [2.45, 2.75) is 30.7 Å². The third kappa shape index (κ3) is 4.52. The fourth-order valence-corrected chi connectivity index (χ4v) is 5.31. The Bertz CT molecular complexity index is 1040. The Morgan fingerprint density at radius 3 is 2.12 bits per heavy atom. The van der Waals surface area contributed by atoms with E-state index >= 15 is 0 Å². The van der Waals surface area contributed by atoms with Crippen molar-refractivity contribution in [1.82, 2.24) is 4.90 Å². The first-order chi connectivity index (χ1) is 15.9. The lowest BCUT2D eigenvalue weighted by atomic mass is 10.0. The summed E-state index contributed by atoms with van der Waals surface area (Å²) in [4.78, 5) is 39.1. The van der Waals surface area contributed by atoms with E-state index in [-0.39, 0.29) is 22.7 Å². The van der Waals surface area contributed by atoms with Crippen LogP contribution in [0.4, 0.5) is 0 Å². The Kier molecular flexibility index (Phi) is 6.83. The first-order valence-electron chi connectivity index (χ1n) is 10.4. The summed E-state index contributed by atoms with van der Waals surface area (Å²) in [5, 5.41) is -0.384. The summed E-state index contributed by atoms with van der Waals surface area (Å²) in [6, 6.07) is 18.6. The highest BCUT2D eigenvalue weighted by molar-refractivity contribution is 8.00. The number of β-lactam (4-membered cyclic amide) rings is 1. The van der Waals surface area contributed by atoms with Crippen LogP contribution in [-0.4, -0.2) is 53.3 Å². The van der Waals surface area contributed by atoms with Crippen molar-refractivity contribution in [2.24, 2.45) is 5.73 Å². The highest BCUT2D eigenvalue weighted by atomic mass is 32.2. The van der Waals surface area contributed by atoms with Crippen LogP contribution in [-0.2, 0) is 28.6 Å². The number of hydrogen-bond acceptors (Lipinski definition) is 8. The molecule has 1 amide bonds. The van der Waals surface area contributed by atoms with Gasteiger partial charge in [0.15, 0.2) is 18.4 Å². The highest BCUT2D eigenvalue weighted by Gasteiger charge is 2.55. The molecule has 33 heavy (non-hydrogen) atoms. The van der Waals surface area contributed by atoms with Gasteiger partial charge in [0.25, 0.3) is 5.91 Å². The zero-order chi connectivity index (χ0) is 23.5. The summed E-state index contributed by atoms with van der Waals surface area (Å²) in [7, 11) is 1.45. The molecule has 1 unspecified atom stereocenters. The lowest BCUT2D eigenvalue weighted by Crippen LogP contribution is -2.66. The molecule has 2 aliphatic heterocycles. The smallest absolute Gasteiger partial charge is 0.356 e. The van der Waals surface area contributed by atoms with Gasteiger partial charge in [-0.15, -0.1) is 11.8 Å². The Balaban J connectivity index is 1.72. The van der Waals surface area contributed by atoms with Gasteiger partial charge < -0.3 is 14.2 Å². The number of thioether (sulfide) groups is 1. The topological polar surface area (TPSA) is 108 Å². The number of esters is 2. The van der Waals surface area contributed by atoms with Crippen molar-refractivity contribution in [3.05, 3.63) is 83.1 Å². The molecule has 0 aliphatic carbocycles. The normalized spacial score (nSPS) is 20.7. The van der Waals surface area contributed by atoms with Gasteiger partial charge in [0.1, 0.15) is 11.1 Å². The first-order valence-corrected chi connectivity index (χ1v) is 11.4. The number of carbonyl (C=O) groups is 3. The van der Waals surface area contributed by atoms with Crippen LogP contribution in [0.3, 0.4) is 0 Å². The van der Waals surface area contributed by atoms with Gasteiger partial charge in [-0.05, 0) is 11.1 Å². The van der Waals surface area contributed by atoms with Crippen LogP contribution in [0.2, 0.25) is 0 Å². The van der Waals surface area contributed by atoms with E-state index in [1.807, 2.05) is 60.7 Å². The molecule has 1 saturated heterocycles. The van der Waals surface area contributed by atoms with Gasteiger partial charge in [-0.1, -0.05) is 60.7 Å². The van der Waals surface area contributed by atoms with Crippen LogP contribution in [0.1, 0.15) is 24.2 Å². The second-order valence-electron chi connectivity index (χ2n) is 7.58. The van der Waals surface area contributed by atoms with E-state index in [1.165, 1.54) is 30.7 Å². The zero-order valence-corrected chi connectivity index (χ0v) is 19.0. The van der Waals surface area contributed by atoms with Crippen LogP contribution in [0, 0.1) is 0 Å². The molecule has 0 bridgehead atoms. The van der Waals surface area contributed by atoms with Crippen molar-refractivity contribution < 1.29 is 28.6 Å². The number of amides is 1. The third-order valence-corrected chi connectivity index (χ3v) is 6.74. The van der Waals surface area contributed by atoms with Crippen LogP contribution in [0.15, 0.2) is 71.9 Å². The number of methoxy groups -OCH3 is 1. The number of ether oxygens (including phenoxy) is 3. The minimum absolute atomic E-state index is 0.00247. The highest BCUT2D eigenvalue weighted by Crippen LogP contribution is 2.43. The van der Waals surface area contributed by atoms with Gasteiger partial charge in [-0.25, -0.2) is 4.79 Å². The largest absolute Gasteiger partial charge is 0.448 e. The van der Waals surface area contributed by atoms with Gasteiger partial charge in [0.05, 0.1) is 0 Å². The first kappa shape index (κ1) is 23.0. The fraction of sp³-hybridized carbons (Fsp3) is 0.292. The summed E-state index contributed by atoms with van der Waals surface area (Å²) in [5.74, 6) is -1.40. The molecule has 9 heteroatoms. The number of rotatable bonds is 7. The molecule has 0 saturated carbocycles. The van der Waals surface area contributed by atoms with Crippen LogP contribution in [0.5, 0.6) is 0 Å². The molecule has 2 aromatic carbocycles. The molecule has 8 nitrogen and oxygen atoms in total. The Hall–Kier alpha value is -3.14. The number of nitrogens with zero attached hydrogens (tertiary/aromatic N) is 1. The second-order valence-corrected chi connectivity index (χ2v) is 8.68. The Morgan fingerprint density at radius 2 is 1.61 bits per heavy atom. The maximum absolute atomic E-state index is 13.6. The van der Waals surface area contributed by atoms with E-state index in [9.17, 15) is 14.4 Å². The van der Waals surface area contributed by atoms with Crippen LogP contribution in [0.25, 0.3) is 0 Å². The predicted molar refractivity (Wildman–Crippen MR) is 121 cm³/mol. The summed E-state index contributed by atoms with van der Waals surface area (Å²) in [6.45, 7) is 1.23. The number of fused-ring (bicyclic) bond motifs is 1.